The molecule has 0 aromatic carbocycles. The van der Waals surface area contributed by atoms with Crippen LogP contribution in [0.1, 0.15) is 36.5 Å². The first-order valence-electron chi connectivity index (χ1n) is 6.22. The maximum absolute atomic E-state index is 12.6. The van der Waals surface area contributed by atoms with Crippen LogP contribution in [0.5, 0.6) is 0 Å². The lowest BCUT2D eigenvalue weighted by molar-refractivity contribution is -0.150. The number of likely N-dealkylation sites (tertiary alicyclic amines) is 1. The van der Waals surface area contributed by atoms with Gasteiger partial charge < -0.3 is 10.0 Å². The fraction of sp³-hybridized carbons (Fsp3) is 0.462. The van der Waals surface area contributed by atoms with Crippen LogP contribution in [-0.2, 0) is 4.79 Å². The molecule has 2 rings (SSSR count). The number of aliphatic carboxylic acids is 1. The van der Waals surface area contributed by atoms with E-state index in [1.165, 1.54) is 11.1 Å². The highest BCUT2D eigenvalue weighted by molar-refractivity contribution is 9.10. The van der Waals surface area contributed by atoms with Crippen LogP contribution in [0, 0.1) is 0 Å². The predicted molar refractivity (Wildman–Crippen MR) is 77.9 cm³/mol. The normalized spacial score (nSPS) is 22.6. The minimum Gasteiger partial charge on any atom is -0.480 e. The van der Waals surface area contributed by atoms with Crippen LogP contribution < -0.4 is 0 Å². The summed E-state index contributed by atoms with van der Waals surface area (Å²) in [5.41, 5.74) is -0.975. The molecule has 0 aliphatic carbocycles. The summed E-state index contributed by atoms with van der Waals surface area (Å²) >= 11 is 9.19. The maximum atomic E-state index is 12.6. The molecule has 0 saturated carbocycles. The summed E-state index contributed by atoms with van der Waals surface area (Å²) in [6.45, 7) is 1.98. The monoisotopic (exact) mass is 360 g/mol. The van der Waals surface area contributed by atoms with Crippen molar-refractivity contribution in [2.45, 2.75) is 31.7 Å². The van der Waals surface area contributed by atoms with Gasteiger partial charge in [-0.15, -0.1) is 0 Å². The van der Waals surface area contributed by atoms with Crippen molar-refractivity contribution in [1.29, 1.82) is 0 Å². The lowest BCUT2D eigenvalue weighted by atomic mass is 9.88. The van der Waals surface area contributed by atoms with E-state index in [4.69, 9.17) is 11.6 Å². The van der Waals surface area contributed by atoms with Crippen molar-refractivity contribution in [3.8, 4) is 0 Å². The second-order valence-electron chi connectivity index (χ2n) is 4.98. The summed E-state index contributed by atoms with van der Waals surface area (Å²) in [6, 6.07) is 1.56. The van der Waals surface area contributed by atoms with E-state index in [2.05, 4.69) is 20.9 Å². The average molecular weight is 362 g/mol. The van der Waals surface area contributed by atoms with Gasteiger partial charge >= 0.3 is 5.97 Å². The summed E-state index contributed by atoms with van der Waals surface area (Å²) in [7, 11) is 0. The van der Waals surface area contributed by atoms with Crippen molar-refractivity contribution in [3.05, 3.63) is 27.5 Å². The molecule has 1 saturated heterocycles. The molecule has 1 unspecified atom stereocenters. The zero-order valence-corrected chi connectivity index (χ0v) is 13.2. The molecular weight excluding hydrogens is 348 g/mol. The number of piperidine rings is 1. The molecule has 0 bridgehead atoms. The fourth-order valence-corrected chi connectivity index (χ4v) is 2.90. The third kappa shape index (κ3) is 2.67. The fourth-order valence-electron chi connectivity index (χ4n) is 2.39. The van der Waals surface area contributed by atoms with Gasteiger partial charge in [-0.25, -0.2) is 9.78 Å². The highest BCUT2D eigenvalue weighted by Crippen LogP contribution is 2.31. The Morgan fingerprint density at radius 3 is 2.85 bits per heavy atom. The van der Waals surface area contributed by atoms with Crippen molar-refractivity contribution < 1.29 is 14.7 Å². The van der Waals surface area contributed by atoms with E-state index in [1.807, 2.05) is 0 Å². The number of carboxylic acids is 1. The Kier molecular flexibility index (Phi) is 4.34. The lowest BCUT2D eigenvalue weighted by Crippen LogP contribution is -2.57. The van der Waals surface area contributed by atoms with Gasteiger partial charge in [0.25, 0.3) is 5.91 Å². The number of hydrogen-bond acceptors (Lipinski definition) is 3. The van der Waals surface area contributed by atoms with Gasteiger partial charge in [-0.05, 0) is 48.2 Å². The molecule has 0 radical (unpaired) electrons. The standard InChI is InChI=1S/C13H14BrClN2O3/c1-13(12(19)20)4-2-3-5-17(13)11(18)9-6-8(14)7-16-10(9)15/h6-7H,2-5H2,1H3,(H,19,20). The summed E-state index contributed by atoms with van der Waals surface area (Å²) < 4.78 is 0.624. The second kappa shape index (κ2) is 5.69. The van der Waals surface area contributed by atoms with Crippen molar-refractivity contribution in [2.75, 3.05) is 6.54 Å². The highest BCUT2D eigenvalue weighted by atomic mass is 79.9. The quantitative estimate of drug-likeness (QED) is 0.822. The maximum Gasteiger partial charge on any atom is 0.329 e. The number of amides is 1. The smallest absolute Gasteiger partial charge is 0.329 e. The van der Waals surface area contributed by atoms with Gasteiger partial charge in [-0.2, -0.15) is 0 Å². The average Bonchev–Trinajstić information content (AvgIpc) is 2.41. The van der Waals surface area contributed by atoms with Gasteiger partial charge in [0.1, 0.15) is 10.7 Å². The largest absolute Gasteiger partial charge is 0.480 e. The van der Waals surface area contributed by atoms with Gasteiger partial charge in [-0.1, -0.05) is 11.6 Å². The van der Waals surface area contributed by atoms with E-state index in [0.717, 1.165) is 12.8 Å². The second-order valence-corrected chi connectivity index (χ2v) is 6.26. The van der Waals surface area contributed by atoms with Crippen LogP contribution in [-0.4, -0.2) is 39.0 Å². The topological polar surface area (TPSA) is 70.5 Å². The molecule has 20 heavy (non-hydrogen) atoms. The Morgan fingerprint density at radius 2 is 2.20 bits per heavy atom. The zero-order chi connectivity index (χ0) is 14.9. The molecule has 7 heteroatoms. The Bertz CT molecular complexity index is 567. The first kappa shape index (κ1) is 15.3. The van der Waals surface area contributed by atoms with Crippen molar-refractivity contribution in [3.63, 3.8) is 0 Å². The minimum atomic E-state index is -1.19. The Morgan fingerprint density at radius 1 is 1.50 bits per heavy atom. The number of carbonyl (C=O) groups excluding carboxylic acids is 1. The van der Waals surface area contributed by atoms with Gasteiger partial charge in [0, 0.05) is 17.2 Å². The van der Waals surface area contributed by atoms with Crippen molar-refractivity contribution in [2.24, 2.45) is 0 Å². The molecule has 108 valence electrons. The number of rotatable bonds is 2. The Hall–Kier alpha value is -1.14. The first-order chi connectivity index (χ1) is 9.36. The summed E-state index contributed by atoms with van der Waals surface area (Å²) in [5, 5.41) is 9.52. The van der Waals surface area contributed by atoms with Crippen LogP contribution in [0.3, 0.4) is 0 Å². The zero-order valence-electron chi connectivity index (χ0n) is 10.9. The molecule has 5 nitrogen and oxygen atoms in total. The molecule has 1 amide bonds. The van der Waals surface area contributed by atoms with Crippen LogP contribution in [0.4, 0.5) is 0 Å². The van der Waals surface area contributed by atoms with Crippen LogP contribution in [0.15, 0.2) is 16.7 Å². The molecule has 1 aliphatic rings. The molecule has 1 aliphatic heterocycles. The number of pyridine rings is 1. The SMILES string of the molecule is CC1(C(=O)O)CCCCN1C(=O)c1cc(Br)cnc1Cl. The van der Waals surface area contributed by atoms with E-state index in [1.54, 1.807) is 13.0 Å². The number of nitrogens with zero attached hydrogens (tertiary/aromatic N) is 2. The van der Waals surface area contributed by atoms with Crippen molar-refractivity contribution in [1.82, 2.24) is 9.88 Å². The van der Waals surface area contributed by atoms with E-state index in [-0.39, 0.29) is 10.7 Å². The van der Waals surface area contributed by atoms with E-state index >= 15 is 0 Å². The molecule has 0 spiro atoms. The number of carbonyl (C=O) groups is 2. The number of carboxylic acid groups (broad SMARTS) is 1. The van der Waals surface area contributed by atoms with Crippen molar-refractivity contribution >= 4 is 39.4 Å². The molecule has 1 fully saturated rings. The summed E-state index contributed by atoms with van der Waals surface area (Å²) in [5.74, 6) is -1.39. The number of aromatic nitrogens is 1. The lowest BCUT2D eigenvalue weighted by Gasteiger charge is -2.41. The van der Waals surface area contributed by atoms with Gasteiger partial charge in [0.15, 0.2) is 0 Å². The Balaban J connectivity index is 2.40. The minimum absolute atomic E-state index is 0.0801. The van der Waals surface area contributed by atoms with Gasteiger partial charge in [0.05, 0.1) is 5.56 Å². The van der Waals surface area contributed by atoms with Crippen LogP contribution >= 0.6 is 27.5 Å². The van der Waals surface area contributed by atoms with Crippen LogP contribution in [0.25, 0.3) is 0 Å². The Labute approximate surface area is 130 Å². The number of halogens is 2. The molecule has 2 heterocycles. The van der Waals surface area contributed by atoms with Gasteiger partial charge in [0.2, 0.25) is 0 Å². The third-order valence-electron chi connectivity index (χ3n) is 3.63. The molecule has 1 N–H and O–H groups in total. The third-order valence-corrected chi connectivity index (χ3v) is 4.37. The molecular formula is C13H14BrClN2O3. The van der Waals surface area contributed by atoms with E-state index < -0.39 is 17.4 Å². The molecule has 1 aromatic heterocycles. The van der Waals surface area contributed by atoms with Crippen LogP contribution in [0.2, 0.25) is 5.15 Å². The summed E-state index contributed by atoms with van der Waals surface area (Å²) in [6.07, 6.45) is 3.50. The van der Waals surface area contributed by atoms with E-state index in [0.29, 0.717) is 17.4 Å². The summed E-state index contributed by atoms with van der Waals surface area (Å²) in [4.78, 5) is 29.4. The molecule has 1 aromatic rings. The molecule has 1 atom stereocenters. The van der Waals surface area contributed by atoms with E-state index in [9.17, 15) is 14.7 Å². The highest BCUT2D eigenvalue weighted by Gasteiger charge is 2.44. The number of hydrogen-bond donors (Lipinski definition) is 1. The first-order valence-corrected chi connectivity index (χ1v) is 7.40. The van der Waals surface area contributed by atoms with Gasteiger partial charge in [-0.3, -0.25) is 4.79 Å². The predicted octanol–water partition coefficient (Wildman–Crippen LogP) is 2.97.